The molecule has 5 heteroatoms. The summed E-state index contributed by atoms with van der Waals surface area (Å²) < 4.78 is 0. The van der Waals surface area contributed by atoms with Crippen molar-refractivity contribution in [2.75, 3.05) is 13.1 Å². The molecule has 5 nitrogen and oxygen atoms in total. The van der Waals surface area contributed by atoms with Crippen LogP contribution in [-0.2, 0) is 4.79 Å². The van der Waals surface area contributed by atoms with Crippen LogP contribution in [-0.4, -0.2) is 40.0 Å². The van der Waals surface area contributed by atoms with E-state index in [0.717, 1.165) is 6.42 Å². The molecule has 1 aromatic rings. The number of hydrogen-bond acceptors (Lipinski definition) is 3. The second kappa shape index (κ2) is 7.51. The molecule has 1 heterocycles. The molecule has 0 aliphatic rings. The van der Waals surface area contributed by atoms with E-state index in [1.807, 2.05) is 0 Å². The van der Waals surface area contributed by atoms with Crippen molar-refractivity contribution < 1.29 is 14.7 Å². The standard InChI is InChI=1S/C14H20N2O3/c1-11(2)5-9-16(10-6-13(17)18)14(19)12-3-7-15-8-4-12/h3-4,7-8,11H,5-6,9-10H2,1-2H3,(H,17,18). The lowest BCUT2D eigenvalue weighted by molar-refractivity contribution is -0.137. The highest BCUT2D eigenvalue weighted by atomic mass is 16.4. The van der Waals surface area contributed by atoms with Crippen LogP contribution >= 0.6 is 0 Å². The molecule has 0 aliphatic carbocycles. The van der Waals surface area contributed by atoms with Crippen molar-refractivity contribution in [3.05, 3.63) is 30.1 Å². The Morgan fingerprint density at radius 2 is 1.89 bits per heavy atom. The van der Waals surface area contributed by atoms with E-state index in [4.69, 9.17) is 5.11 Å². The Kier molecular flexibility index (Phi) is 5.99. The quantitative estimate of drug-likeness (QED) is 0.818. The van der Waals surface area contributed by atoms with Gasteiger partial charge in [0.05, 0.1) is 6.42 Å². The average molecular weight is 264 g/mol. The second-order valence-corrected chi connectivity index (χ2v) is 4.85. The van der Waals surface area contributed by atoms with Gasteiger partial charge in [0.25, 0.3) is 5.91 Å². The van der Waals surface area contributed by atoms with Crippen LogP contribution in [0.3, 0.4) is 0 Å². The molecule has 0 aliphatic heterocycles. The maximum Gasteiger partial charge on any atom is 0.305 e. The van der Waals surface area contributed by atoms with Crippen molar-refractivity contribution in [1.29, 1.82) is 0 Å². The van der Waals surface area contributed by atoms with Crippen molar-refractivity contribution in [1.82, 2.24) is 9.88 Å². The van der Waals surface area contributed by atoms with Gasteiger partial charge in [-0.3, -0.25) is 14.6 Å². The number of carboxylic acids is 1. The molecule has 0 atom stereocenters. The van der Waals surface area contributed by atoms with Crippen LogP contribution in [0, 0.1) is 5.92 Å². The predicted molar refractivity (Wildman–Crippen MR) is 71.8 cm³/mol. The van der Waals surface area contributed by atoms with Crippen LogP contribution in [0.15, 0.2) is 24.5 Å². The summed E-state index contributed by atoms with van der Waals surface area (Å²) in [4.78, 5) is 28.4. The molecule has 0 saturated carbocycles. The highest BCUT2D eigenvalue weighted by Gasteiger charge is 2.16. The third kappa shape index (κ3) is 5.50. The smallest absolute Gasteiger partial charge is 0.305 e. The third-order valence-electron chi connectivity index (χ3n) is 2.79. The van der Waals surface area contributed by atoms with Crippen molar-refractivity contribution in [2.45, 2.75) is 26.7 Å². The summed E-state index contributed by atoms with van der Waals surface area (Å²) in [6.07, 6.45) is 3.95. The molecule has 0 spiro atoms. The number of carbonyl (C=O) groups excluding carboxylic acids is 1. The van der Waals surface area contributed by atoms with Crippen molar-refractivity contribution >= 4 is 11.9 Å². The first kappa shape index (κ1) is 15.1. The summed E-state index contributed by atoms with van der Waals surface area (Å²) in [5.74, 6) is -0.557. The van der Waals surface area contributed by atoms with Gasteiger partial charge in [0.2, 0.25) is 0 Å². The fraction of sp³-hybridized carbons (Fsp3) is 0.500. The average Bonchev–Trinajstić information content (AvgIpc) is 2.38. The fourth-order valence-electron chi connectivity index (χ4n) is 1.64. The molecule has 0 fully saturated rings. The topological polar surface area (TPSA) is 70.5 Å². The van der Waals surface area contributed by atoms with Gasteiger partial charge in [0, 0.05) is 31.0 Å². The Balaban J connectivity index is 2.71. The van der Waals surface area contributed by atoms with Crippen LogP contribution in [0.2, 0.25) is 0 Å². The molecule has 19 heavy (non-hydrogen) atoms. The van der Waals surface area contributed by atoms with Crippen LogP contribution in [0.5, 0.6) is 0 Å². The van der Waals surface area contributed by atoms with E-state index in [1.54, 1.807) is 29.4 Å². The molecule has 104 valence electrons. The largest absolute Gasteiger partial charge is 0.481 e. The monoisotopic (exact) mass is 264 g/mol. The Morgan fingerprint density at radius 3 is 2.42 bits per heavy atom. The molecule has 0 bridgehead atoms. The molecular formula is C14H20N2O3. The summed E-state index contributed by atoms with van der Waals surface area (Å²) in [6.45, 7) is 4.97. The number of hydrogen-bond donors (Lipinski definition) is 1. The minimum atomic E-state index is -0.892. The highest BCUT2D eigenvalue weighted by molar-refractivity contribution is 5.94. The van der Waals surface area contributed by atoms with Gasteiger partial charge in [0.1, 0.15) is 0 Å². The number of nitrogens with zero attached hydrogens (tertiary/aromatic N) is 2. The molecular weight excluding hydrogens is 244 g/mol. The summed E-state index contributed by atoms with van der Waals surface area (Å²) in [7, 11) is 0. The zero-order valence-electron chi connectivity index (χ0n) is 11.4. The Hall–Kier alpha value is -1.91. The lowest BCUT2D eigenvalue weighted by Crippen LogP contribution is -2.34. The fourth-order valence-corrected chi connectivity index (χ4v) is 1.64. The minimum absolute atomic E-state index is 0.0328. The van der Waals surface area contributed by atoms with E-state index < -0.39 is 5.97 Å². The Morgan fingerprint density at radius 1 is 1.26 bits per heavy atom. The van der Waals surface area contributed by atoms with E-state index >= 15 is 0 Å². The van der Waals surface area contributed by atoms with Crippen molar-refractivity contribution in [2.24, 2.45) is 5.92 Å². The molecule has 0 unspecified atom stereocenters. The van der Waals surface area contributed by atoms with Gasteiger partial charge in [0.15, 0.2) is 0 Å². The van der Waals surface area contributed by atoms with Crippen molar-refractivity contribution in [3.8, 4) is 0 Å². The molecule has 1 amide bonds. The first-order valence-electron chi connectivity index (χ1n) is 6.41. The Labute approximate surface area is 113 Å². The Bertz CT molecular complexity index is 418. The van der Waals surface area contributed by atoms with E-state index in [2.05, 4.69) is 18.8 Å². The molecule has 1 aromatic heterocycles. The molecule has 0 aromatic carbocycles. The van der Waals surface area contributed by atoms with Crippen LogP contribution < -0.4 is 0 Å². The summed E-state index contributed by atoms with van der Waals surface area (Å²) in [6, 6.07) is 3.29. The van der Waals surface area contributed by atoms with E-state index in [9.17, 15) is 9.59 Å². The number of rotatable bonds is 7. The van der Waals surface area contributed by atoms with E-state index in [1.165, 1.54) is 0 Å². The summed E-state index contributed by atoms with van der Waals surface area (Å²) in [5.41, 5.74) is 0.546. The van der Waals surface area contributed by atoms with Gasteiger partial charge >= 0.3 is 5.97 Å². The highest BCUT2D eigenvalue weighted by Crippen LogP contribution is 2.08. The van der Waals surface area contributed by atoms with Crippen molar-refractivity contribution in [3.63, 3.8) is 0 Å². The van der Waals surface area contributed by atoms with Gasteiger partial charge in [-0.05, 0) is 24.5 Å². The summed E-state index contributed by atoms with van der Waals surface area (Å²) in [5, 5.41) is 8.74. The maximum atomic E-state index is 12.3. The second-order valence-electron chi connectivity index (χ2n) is 4.85. The number of amides is 1. The molecule has 1 rings (SSSR count). The zero-order chi connectivity index (χ0) is 14.3. The van der Waals surface area contributed by atoms with Crippen LogP contribution in [0.25, 0.3) is 0 Å². The van der Waals surface area contributed by atoms with E-state index in [0.29, 0.717) is 18.0 Å². The lowest BCUT2D eigenvalue weighted by Gasteiger charge is -2.23. The predicted octanol–water partition coefficient (Wildman–Crippen LogP) is 2.04. The third-order valence-corrected chi connectivity index (χ3v) is 2.79. The number of pyridine rings is 1. The van der Waals surface area contributed by atoms with Crippen LogP contribution in [0.1, 0.15) is 37.0 Å². The maximum absolute atomic E-state index is 12.3. The van der Waals surface area contributed by atoms with Gasteiger partial charge < -0.3 is 10.0 Å². The first-order valence-corrected chi connectivity index (χ1v) is 6.41. The van der Waals surface area contributed by atoms with Gasteiger partial charge in [-0.25, -0.2) is 0 Å². The number of aromatic nitrogens is 1. The normalized spacial score (nSPS) is 10.5. The SMILES string of the molecule is CC(C)CCN(CCC(=O)O)C(=O)c1ccncc1. The van der Waals surface area contributed by atoms with Gasteiger partial charge in [-0.1, -0.05) is 13.8 Å². The van der Waals surface area contributed by atoms with Crippen LogP contribution in [0.4, 0.5) is 0 Å². The molecule has 0 saturated heterocycles. The molecule has 1 N–H and O–H groups in total. The van der Waals surface area contributed by atoms with Gasteiger partial charge in [-0.2, -0.15) is 0 Å². The number of carbonyl (C=O) groups is 2. The lowest BCUT2D eigenvalue weighted by atomic mass is 10.1. The zero-order valence-corrected chi connectivity index (χ0v) is 11.4. The number of aliphatic carboxylic acids is 1. The molecule has 0 radical (unpaired) electrons. The first-order chi connectivity index (χ1) is 9.00. The van der Waals surface area contributed by atoms with E-state index in [-0.39, 0.29) is 18.9 Å². The summed E-state index contributed by atoms with van der Waals surface area (Å²) >= 11 is 0. The minimum Gasteiger partial charge on any atom is -0.481 e. The van der Waals surface area contributed by atoms with Gasteiger partial charge in [-0.15, -0.1) is 0 Å². The number of carboxylic acid groups (broad SMARTS) is 1.